The number of carbonyl (C=O) groups excluding carboxylic acids is 1. The van der Waals surface area contributed by atoms with E-state index in [1.54, 1.807) is 11.4 Å². The van der Waals surface area contributed by atoms with Gasteiger partial charge in [0.25, 0.3) is 5.91 Å². The maximum absolute atomic E-state index is 12.8. The quantitative estimate of drug-likeness (QED) is 0.855. The number of thiophene rings is 1. The topological polar surface area (TPSA) is 53.3 Å². The minimum atomic E-state index is 0.0597. The molecule has 0 aliphatic carbocycles. The highest BCUT2D eigenvalue weighted by Crippen LogP contribution is 2.27. The first-order valence-electron chi connectivity index (χ1n) is 7.27. The van der Waals surface area contributed by atoms with Gasteiger partial charge >= 0.3 is 0 Å². The number of thioether (sulfide) groups is 1. The van der Waals surface area contributed by atoms with Gasteiger partial charge in [-0.05, 0) is 31.1 Å². The molecule has 0 unspecified atom stereocenters. The normalized spacial score (nSPS) is 24.9. The van der Waals surface area contributed by atoms with Crippen LogP contribution in [0.4, 0.5) is 0 Å². The molecule has 21 heavy (non-hydrogen) atoms. The molecule has 1 aromatic rings. The molecule has 2 aliphatic rings. The second kappa shape index (κ2) is 6.82. The Morgan fingerprint density at radius 3 is 3.05 bits per heavy atom. The molecule has 0 saturated carbocycles. The Bertz CT molecular complexity index is 540. The van der Waals surface area contributed by atoms with Crippen LogP contribution in [-0.2, 0) is 4.74 Å². The maximum Gasteiger partial charge on any atom is 0.264 e. The van der Waals surface area contributed by atoms with Crippen LogP contribution in [0.2, 0.25) is 0 Å². The smallest absolute Gasteiger partial charge is 0.264 e. The fourth-order valence-corrected chi connectivity index (χ4v) is 4.83. The van der Waals surface area contributed by atoms with Crippen LogP contribution in [0.3, 0.4) is 0 Å². The van der Waals surface area contributed by atoms with Gasteiger partial charge in [0, 0.05) is 30.3 Å². The summed E-state index contributed by atoms with van der Waals surface area (Å²) < 4.78 is 5.71. The number of hydrogen-bond donors (Lipinski definition) is 0. The first kappa shape index (κ1) is 14.9. The molecule has 3 heterocycles. The molecule has 2 fully saturated rings. The Kier molecular flexibility index (Phi) is 4.84. The molecule has 2 saturated heterocycles. The molecule has 0 N–H and O–H groups in total. The zero-order valence-electron chi connectivity index (χ0n) is 11.8. The van der Waals surface area contributed by atoms with Gasteiger partial charge in [-0.1, -0.05) is 0 Å². The standard InChI is InChI=1S/C15H18N2O2S2/c16-7-11-6-14(21-9-11)15(18)17(12-3-5-20-10-12)8-13-2-1-4-19-13/h6,9,12-13H,1-5,8,10H2/t12-,13-/m1/s1. The summed E-state index contributed by atoms with van der Waals surface area (Å²) >= 11 is 3.27. The van der Waals surface area contributed by atoms with E-state index in [9.17, 15) is 4.79 Å². The van der Waals surface area contributed by atoms with Crippen LogP contribution in [0.5, 0.6) is 0 Å². The van der Waals surface area contributed by atoms with E-state index in [0.717, 1.165) is 37.4 Å². The molecule has 0 radical (unpaired) electrons. The van der Waals surface area contributed by atoms with Crippen molar-refractivity contribution in [3.05, 3.63) is 21.9 Å². The highest BCUT2D eigenvalue weighted by Gasteiger charge is 2.31. The number of rotatable bonds is 4. The van der Waals surface area contributed by atoms with E-state index in [2.05, 4.69) is 6.07 Å². The minimum Gasteiger partial charge on any atom is -0.376 e. The summed E-state index contributed by atoms with van der Waals surface area (Å²) in [5.41, 5.74) is 0.571. The van der Waals surface area contributed by atoms with Gasteiger partial charge in [-0.3, -0.25) is 4.79 Å². The van der Waals surface area contributed by atoms with Crippen LogP contribution in [0.25, 0.3) is 0 Å². The van der Waals surface area contributed by atoms with Gasteiger partial charge < -0.3 is 9.64 Å². The van der Waals surface area contributed by atoms with Gasteiger partial charge in [-0.2, -0.15) is 17.0 Å². The summed E-state index contributed by atoms with van der Waals surface area (Å²) in [5.74, 6) is 2.19. The van der Waals surface area contributed by atoms with Crippen molar-refractivity contribution in [3.8, 4) is 6.07 Å². The Labute approximate surface area is 133 Å². The van der Waals surface area contributed by atoms with Crippen molar-refractivity contribution in [1.82, 2.24) is 4.90 Å². The summed E-state index contributed by atoms with van der Waals surface area (Å²) in [6, 6.07) is 4.11. The van der Waals surface area contributed by atoms with E-state index < -0.39 is 0 Å². The third kappa shape index (κ3) is 3.42. The molecule has 0 aromatic carbocycles. The van der Waals surface area contributed by atoms with Crippen molar-refractivity contribution in [2.45, 2.75) is 31.4 Å². The minimum absolute atomic E-state index is 0.0597. The number of carbonyl (C=O) groups is 1. The van der Waals surface area contributed by atoms with Crippen molar-refractivity contribution in [2.24, 2.45) is 0 Å². The van der Waals surface area contributed by atoms with Crippen molar-refractivity contribution in [2.75, 3.05) is 24.7 Å². The van der Waals surface area contributed by atoms with Gasteiger partial charge in [0.2, 0.25) is 0 Å². The van der Waals surface area contributed by atoms with Crippen LogP contribution < -0.4 is 0 Å². The third-order valence-electron chi connectivity index (χ3n) is 3.97. The number of ether oxygens (including phenoxy) is 1. The van der Waals surface area contributed by atoms with Gasteiger partial charge in [0.1, 0.15) is 6.07 Å². The second-order valence-corrected chi connectivity index (χ2v) is 7.48. The highest BCUT2D eigenvalue weighted by atomic mass is 32.2. The van der Waals surface area contributed by atoms with Crippen LogP contribution in [0.1, 0.15) is 34.5 Å². The zero-order valence-corrected chi connectivity index (χ0v) is 13.4. The molecule has 1 aromatic heterocycles. The number of nitrogens with zero attached hydrogens (tertiary/aromatic N) is 2. The lowest BCUT2D eigenvalue weighted by Gasteiger charge is -2.30. The first-order chi connectivity index (χ1) is 10.3. The summed E-state index contributed by atoms with van der Waals surface area (Å²) in [6.07, 6.45) is 3.36. The van der Waals surface area contributed by atoms with Crippen molar-refractivity contribution >= 4 is 29.0 Å². The lowest BCUT2D eigenvalue weighted by atomic mass is 10.1. The highest BCUT2D eigenvalue weighted by molar-refractivity contribution is 7.99. The summed E-state index contributed by atoms with van der Waals surface area (Å²) in [6.45, 7) is 1.49. The number of amides is 1. The van der Waals surface area contributed by atoms with Crippen LogP contribution in [0, 0.1) is 11.3 Å². The number of hydrogen-bond acceptors (Lipinski definition) is 5. The SMILES string of the molecule is N#Cc1csc(C(=O)N(C[C@H]2CCCO2)[C@@H]2CCSC2)c1. The van der Waals surface area contributed by atoms with Gasteiger partial charge in [0.05, 0.1) is 16.5 Å². The molecule has 112 valence electrons. The lowest BCUT2D eigenvalue weighted by Crippen LogP contribution is -2.44. The molecule has 2 atom stereocenters. The van der Waals surface area contributed by atoms with Crippen LogP contribution >= 0.6 is 23.1 Å². The maximum atomic E-state index is 12.8. The molecule has 2 aliphatic heterocycles. The first-order valence-corrected chi connectivity index (χ1v) is 9.30. The van der Waals surface area contributed by atoms with Crippen molar-refractivity contribution in [3.63, 3.8) is 0 Å². The monoisotopic (exact) mass is 322 g/mol. The fraction of sp³-hybridized carbons (Fsp3) is 0.600. The molecule has 6 heteroatoms. The van der Waals surface area contributed by atoms with Crippen LogP contribution in [0.15, 0.2) is 11.4 Å². The molecule has 3 rings (SSSR count). The van der Waals surface area contributed by atoms with Gasteiger partial charge in [0.15, 0.2) is 0 Å². The molecular weight excluding hydrogens is 304 g/mol. The second-order valence-electron chi connectivity index (χ2n) is 5.42. The molecule has 4 nitrogen and oxygen atoms in total. The Morgan fingerprint density at radius 1 is 1.52 bits per heavy atom. The van der Waals surface area contributed by atoms with E-state index in [4.69, 9.17) is 10.00 Å². The number of nitriles is 1. The lowest BCUT2D eigenvalue weighted by molar-refractivity contribution is 0.0445. The van der Waals surface area contributed by atoms with Gasteiger partial charge in [-0.25, -0.2) is 0 Å². The predicted octanol–water partition coefficient (Wildman–Crippen LogP) is 2.75. The van der Waals surface area contributed by atoms with E-state index >= 15 is 0 Å². The largest absolute Gasteiger partial charge is 0.376 e. The van der Waals surface area contributed by atoms with E-state index in [1.165, 1.54) is 11.3 Å². The predicted molar refractivity (Wildman–Crippen MR) is 84.8 cm³/mol. The molecular formula is C15H18N2O2S2. The van der Waals surface area contributed by atoms with E-state index in [-0.39, 0.29) is 12.0 Å². The average Bonchev–Trinajstić information content (AvgIpc) is 3.25. The third-order valence-corrected chi connectivity index (χ3v) is 6.03. The molecule has 0 bridgehead atoms. The Morgan fingerprint density at radius 2 is 2.43 bits per heavy atom. The summed E-state index contributed by atoms with van der Waals surface area (Å²) in [7, 11) is 0. The van der Waals surface area contributed by atoms with E-state index in [1.807, 2.05) is 16.7 Å². The summed E-state index contributed by atoms with van der Waals surface area (Å²) in [4.78, 5) is 15.5. The average molecular weight is 322 g/mol. The Hall–Kier alpha value is -1.03. The zero-order chi connectivity index (χ0) is 14.7. The van der Waals surface area contributed by atoms with Gasteiger partial charge in [-0.15, -0.1) is 11.3 Å². The molecule has 0 spiro atoms. The summed E-state index contributed by atoms with van der Waals surface area (Å²) in [5, 5.41) is 10.7. The fourth-order valence-electron chi connectivity index (χ4n) is 2.82. The Balaban J connectivity index is 1.76. The van der Waals surface area contributed by atoms with E-state index in [0.29, 0.717) is 23.0 Å². The van der Waals surface area contributed by atoms with Crippen molar-refractivity contribution < 1.29 is 9.53 Å². The van der Waals surface area contributed by atoms with Crippen LogP contribution in [-0.4, -0.2) is 47.6 Å². The van der Waals surface area contributed by atoms with Crippen molar-refractivity contribution in [1.29, 1.82) is 5.26 Å². The molecule has 1 amide bonds.